The predicted octanol–water partition coefficient (Wildman–Crippen LogP) is 2.00. The summed E-state index contributed by atoms with van der Waals surface area (Å²) >= 11 is 4.37. The van der Waals surface area contributed by atoms with Gasteiger partial charge in [0.1, 0.15) is 0 Å². The van der Waals surface area contributed by atoms with E-state index >= 15 is 0 Å². The van der Waals surface area contributed by atoms with E-state index in [2.05, 4.69) is 41.5 Å². The third-order valence-electron chi connectivity index (χ3n) is 1.73. The molecule has 0 heterocycles. The van der Waals surface area contributed by atoms with Crippen molar-refractivity contribution >= 4 is 7.82 Å². The van der Waals surface area contributed by atoms with E-state index in [9.17, 15) is 0 Å². The van der Waals surface area contributed by atoms with Crippen molar-refractivity contribution < 1.29 is 74.2 Å². The molecule has 0 aromatic rings. The second kappa shape index (κ2) is 21.0. The molecule has 0 rings (SSSR count). The molecule has 0 radical (unpaired) electrons. The maximum atomic E-state index is 8.55. The van der Waals surface area contributed by atoms with Crippen LogP contribution in [0.15, 0.2) is 0 Å². The van der Waals surface area contributed by atoms with E-state index in [-0.39, 0.29) is 0 Å². The largest absolute Gasteiger partial charge is 0.822 e. The Kier molecular flexibility index (Phi) is 31.4. The zero-order valence-corrected chi connectivity index (χ0v) is 23.9. The van der Waals surface area contributed by atoms with Crippen molar-refractivity contribution in [2.24, 2.45) is 17.8 Å². The maximum absolute atomic E-state index is 8.55. The summed E-state index contributed by atoms with van der Waals surface area (Å²) in [6, 6.07) is 0. The summed E-state index contributed by atoms with van der Waals surface area (Å²) in [4.78, 5) is 25.6. The van der Waals surface area contributed by atoms with Gasteiger partial charge in [0.25, 0.3) is 0 Å². The first-order valence-corrected chi connectivity index (χ1v) is 14.7. The van der Waals surface area contributed by atoms with Crippen LogP contribution in [-0.4, -0.2) is 0 Å². The van der Waals surface area contributed by atoms with E-state index in [1.165, 1.54) is 70.0 Å². The molecule has 0 atom stereocenters. The summed E-state index contributed by atoms with van der Waals surface area (Å²) < 4.78 is 8.55. The molecule has 0 amide bonds. The quantitative estimate of drug-likeness (QED) is 0.474. The normalized spacial score (nSPS) is 10.3. The number of phosphoric acid groups is 1. The Bertz CT molecular complexity index is 182. The minimum atomic E-state index is -5.39. The Hall–Kier alpha value is 1.98. The van der Waals surface area contributed by atoms with Crippen molar-refractivity contribution in [3.8, 4) is 0 Å². The van der Waals surface area contributed by atoms with Gasteiger partial charge in [-0.25, -0.2) is 0 Å². The molecular formula is C12H27O4PZn3. The Morgan fingerprint density at radius 1 is 0.700 bits per heavy atom. The summed E-state index contributed by atoms with van der Waals surface area (Å²) in [5.41, 5.74) is 0. The van der Waals surface area contributed by atoms with Gasteiger partial charge in [-0.2, -0.15) is 7.82 Å². The summed E-state index contributed by atoms with van der Waals surface area (Å²) in [7, 11) is -5.39. The fourth-order valence-corrected chi connectivity index (χ4v) is 0. The molecule has 0 aliphatic carbocycles. The van der Waals surface area contributed by atoms with Crippen molar-refractivity contribution in [3.05, 3.63) is 0 Å². The monoisotopic (exact) mass is 458 g/mol. The van der Waals surface area contributed by atoms with E-state index < -0.39 is 7.82 Å². The second-order valence-corrected chi connectivity index (χ2v) is 10.0. The first kappa shape index (κ1) is 29.9. The topological polar surface area (TPSA) is 86.2 Å². The molecule has 0 aliphatic rings. The predicted molar refractivity (Wildman–Crippen MR) is 66.5 cm³/mol. The van der Waals surface area contributed by atoms with E-state index in [1.807, 2.05) is 0 Å². The molecule has 0 saturated carbocycles. The van der Waals surface area contributed by atoms with Crippen LogP contribution in [0.3, 0.4) is 0 Å². The SMILES string of the molecule is CC(C)[CH2][Zn+].CC(C)[CH2][Zn+].CC(C)[CH2][Zn+].O=P([O-])([O-])[O-]. The van der Waals surface area contributed by atoms with Crippen LogP contribution < -0.4 is 14.7 Å². The van der Waals surface area contributed by atoms with Crippen LogP contribution in [0.25, 0.3) is 0 Å². The van der Waals surface area contributed by atoms with Crippen LogP contribution in [-0.2, 0) is 59.5 Å². The van der Waals surface area contributed by atoms with E-state index in [1.54, 1.807) is 0 Å². The third kappa shape index (κ3) is 113. The minimum Gasteiger partial charge on any atom is -0.822 e. The van der Waals surface area contributed by atoms with Gasteiger partial charge < -0.3 is 19.2 Å². The van der Waals surface area contributed by atoms with Gasteiger partial charge in [-0.1, -0.05) is 0 Å². The molecule has 4 nitrogen and oxygen atoms in total. The fourth-order valence-electron chi connectivity index (χ4n) is 0. The van der Waals surface area contributed by atoms with Gasteiger partial charge in [-0.15, -0.1) is 0 Å². The summed E-state index contributed by atoms with van der Waals surface area (Å²) in [5.74, 6) is 2.82. The van der Waals surface area contributed by atoms with Crippen molar-refractivity contribution in [1.82, 2.24) is 0 Å². The first-order valence-electron chi connectivity index (χ1n) is 6.92. The van der Waals surface area contributed by atoms with Crippen LogP contribution in [0.2, 0.25) is 15.0 Å². The van der Waals surface area contributed by atoms with Gasteiger partial charge >= 0.3 is 129 Å². The molecular weight excluding hydrogens is 435 g/mol. The Balaban J connectivity index is -0.0000000853. The summed E-state index contributed by atoms with van der Waals surface area (Å²) in [6.07, 6.45) is 0. The molecule has 20 heavy (non-hydrogen) atoms. The summed E-state index contributed by atoms with van der Waals surface area (Å²) in [6.45, 7) is 13.5. The molecule has 0 N–H and O–H groups in total. The first-order chi connectivity index (χ1) is 8.81. The molecule has 0 fully saturated rings. The number of rotatable bonds is 3. The zero-order chi connectivity index (χ0) is 17.4. The van der Waals surface area contributed by atoms with E-state index in [4.69, 9.17) is 19.2 Å². The average Bonchev–Trinajstić information content (AvgIpc) is 2.28. The maximum Gasteiger partial charge on any atom is -0.159 e. The van der Waals surface area contributed by atoms with Crippen LogP contribution >= 0.6 is 7.82 Å². The molecule has 0 aliphatic heterocycles. The van der Waals surface area contributed by atoms with Crippen molar-refractivity contribution in [2.75, 3.05) is 0 Å². The Morgan fingerprint density at radius 2 is 0.750 bits per heavy atom. The molecule has 110 valence electrons. The van der Waals surface area contributed by atoms with E-state index in [0.717, 1.165) is 17.8 Å². The van der Waals surface area contributed by atoms with Crippen molar-refractivity contribution in [3.63, 3.8) is 0 Å². The standard InChI is InChI=1S/3C4H9.H3O4P.3Zn/c3*1-4(2)3;1-5(2,3)4;;;/h3*4H,1H2,2-3H3;(H3,1,2,3,4);;;/q;;;;3*+1/p-3. The summed E-state index contributed by atoms with van der Waals surface area (Å²) in [5, 5.41) is 4.29. The van der Waals surface area contributed by atoms with Crippen LogP contribution in [0.4, 0.5) is 0 Å². The fraction of sp³-hybridized carbons (Fsp3) is 1.00. The minimum absolute atomic E-state index is 0.940. The second-order valence-electron chi connectivity index (χ2n) is 5.49. The van der Waals surface area contributed by atoms with Crippen molar-refractivity contribution in [2.45, 2.75) is 56.6 Å². The molecule has 0 saturated heterocycles. The zero-order valence-electron chi connectivity index (χ0n) is 14.1. The third-order valence-corrected chi connectivity index (χ3v) is 9.00. The van der Waals surface area contributed by atoms with Gasteiger partial charge in [0, 0.05) is 0 Å². The van der Waals surface area contributed by atoms with E-state index in [0.29, 0.717) is 0 Å². The molecule has 0 bridgehead atoms. The van der Waals surface area contributed by atoms with Crippen LogP contribution in [0.5, 0.6) is 0 Å². The smallest absolute Gasteiger partial charge is 0.159 e. The molecule has 0 spiro atoms. The number of hydrogen-bond donors (Lipinski definition) is 0. The molecule has 8 heteroatoms. The van der Waals surface area contributed by atoms with Crippen molar-refractivity contribution in [1.29, 1.82) is 0 Å². The van der Waals surface area contributed by atoms with Gasteiger partial charge in [0.15, 0.2) is 0 Å². The van der Waals surface area contributed by atoms with Gasteiger partial charge in [0.2, 0.25) is 0 Å². The van der Waals surface area contributed by atoms with Crippen LogP contribution in [0.1, 0.15) is 41.5 Å². The van der Waals surface area contributed by atoms with Crippen LogP contribution in [0, 0.1) is 17.8 Å². The molecule has 0 aromatic heterocycles. The van der Waals surface area contributed by atoms with Gasteiger partial charge in [-0.05, 0) is 0 Å². The number of hydrogen-bond acceptors (Lipinski definition) is 4. The van der Waals surface area contributed by atoms with Gasteiger partial charge in [-0.3, -0.25) is 0 Å². The Morgan fingerprint density at radius 3 is 0.750 bits per heavy atom. The molecule has 0 unspecified atom stereocenters. The Labute approximate surface area is 155 Å². The van der Waals surface area contributed by atoms with Gasteiger partial charge in [0.05, 0.1) is 0 Å². The average molecular weight is 462 g/mol. The molecule has 0 aromatic carbocycles.